The van der Waals surface area contributed by atoms with E-state index in [0.29, 0.717) is 18.5 Å². The molecule has 0 aliphatic carbocycles. The van der Waals surface area contributed by atoms with E-state index in [1.54, 1.807) is 0 Å². The first kappa shape index (κ1) is 13.4. The van der Waals surface area contributed by atoms with Crippen LogP contribution >= 0.6 is 0 Å². The number of nitro groups is 1. The highest BCUT2D eigenvalue weighted by molar-refractivity contribution is 5.59. The SMILES string of the molecule is CCC(O)(CC)CNc1ccncc1[N+](=O)[O-]. The lowest BCUT2D eigenvalue weighted by molar-refractivity contribution is -0.384. The summed E-state index contributed by atoms with van der Waals surface area (Å²) >= 11 is 0. The van der Waals surface area contributed by atoms with Crippen LogP contribution in [0.2, 0.25) is 0 Å². The second-order valence-electron chi connectivity index (χ2n) is 3.93. The van der Waals surface area contributed by atoms with Gasteiger partial charge in [-0.15, -0.1) is 0 Å². The predicted octanol–water partition coefficient (Wildman–Crippen LogP) is 1.95. The molecule has 0 aliphatic heterocycles. The molecule has 0 fully saturated rings. The van der Waals surface area contributed by atoms with Crippen molar-refractivity contribution < 1.29 is 10.0 Å². The minimum atomic E-state index is -0.836. The van der Waals surface area contributed by atoms with Gasteiger partial charge in [-0.2, -0.15) is 0 Å². The lowest BCUT2D eigenvalue weighted by atomic mass is 9.97. The first-order chi connectivity index (χ1) is 8.02. The third kappa shape index (κ3) is 3.39. The fraction of sp³-hybridized carbons (Fsp3) is 0.545. The lowest BCUT2D eigenvalue weighted by Crippen LogP contribution is -2.35. The molecule has 6 heteroatoms. The first-order valence-electron chi connectivity index (χ1n) is 5.57. The van der Waals surface area contributed by atoms with E-state index in [-0.39, 0.29) is 12.2 Å². The van der Waals surface area contributed by atoms with Gasteiger partial charge in [0.25, 0.3) is 0 Å². The van der Waals surface area contributed by atoms with E-state index in [0.717, 1.165) is 0 Å². The van der Waals surface area contributed by atoms with Crippen LogP contribution in [0.3, 0.4) is 0 Å². The summed E-state index contributed by atoms with van der Waals surface area (Å²) in [5.41, 5.74) is -0.538. The number of nitrogens with one attached hydrogen (secondary N) is 1. The zero-order valence-corrected chi connectivity index (χ0v) is 10.0. The van der Waals surface area contributed by atoms with Gasteiger partial charge in [0.2, 0.25) is 0 Å². The molecule has 0 saturated carbocycles. The number of hydrogen-bond donors (Lipinski definition) is 2. The van der Waals surface area contributed by atoms with Crippen LogP contribution in [0.25, 0.3) is 0 Å². The molecule has 1 heterocycles. The Balaban J connectivity index is 2.79. The second kappa shape index (κ2) is 5.58. The van der Waals surface area contributed by atoms with Crippen molar-refractivity contribution in [3.63, 3.8) is 0 Å². The van der Waals surface area contributed by atoms with Gasteiger partial charge in [-0.3, -0.25) is 15.1 Å². The van der Waals surface area contributed by atoms with Crippen molar-refractivity contribution in [2.75, 3.05) is 11.9 Å². The molecule has 1 aromatic rings. The Morgan fingerprint density at radius 1 is 1.53 bits per heavy atom. The summed E-state index contributed by atoms with van der Waals surface area (Å²) < 4.78 is 0. The van der Waals surface area contributed by atoms with E-state index in [4.69, 9.17) is 0 Å². The van der Waals surface area contributed by atoms with E-state index < -0.39 is 10.5 Å². The zero-order valence-electron chi connectivity index (χ0n) is 10.0. The number of rotatable bonds is 6. The van der Waals surface area contributed by atoms with Crippen molar-refractivity contribution >= 4 is 11.4 Å². The van der Waals surface area contributed by atoms with Crippen LogP contribution in [0, 0.1) is 10.1 Å². The van der Waals surface area contributed by atoms with Crippen LogP contribution in [-0.2, 0) is 0 Å². The molecule has 6 nitrogen and oxygen atoms in total. The Hall–Kier alpha value is -1.69. The highest BCUT2D eigenvalue weighted by Gasteiger charge is 2.23. The Morgan fingerprint density at radius 2 is 2.18 bits per heavy atom. The molecular formula is C11H17N3O3. The van der Waals surface area contributed by atoms with Gasteiger partial charge in [0.1, 0.15) is 11.9 Å². The Labute approximate surface area is 99.8 Å². The number of aliphatic hydroxyl groups is 1. The summed E-state index contributed by atoms with van der Waals surface area (Å²) in [6.45, 7) is 4.04. The minimum absolute atomic E-state index is 0.0814. The summed E-state index contributed by atoms with van der Waals surface area (Å²) in [6.07, 6.45) is 3.86. The van der Waals surface area contributed by atoms with Crippen LogP contribution in [0.1, 0.15) is 26.7 Å². The molecule has 17 heavy (non-hydrogen) atoms. The average Bonchev–Trinajstić information content (AvgIpc) is 2.36. The molecule has 0 atom stereocenters. The maximum Gasteiger partial charge on any atom is 0.310 e. The molecule has 0 saturated heterocycles. The molecular weight excluding hydrogens is 222 g/mol. The molecule has 2 N–H and O–H groups in total. The quantitative estimate of drug-likeness (QED) is 0.585. The van der Waals surface area contributed by atoms with Gasteiger partial charge < -0.3 is 10.4 Å². The fourth-order valence-corrected chi connectivity index (χ4v) is 1.44. The molecule has 94 valence electrons. The summed E-state index contributed by atoms with van der Waals surface area (Å²) in [6, 6.07) is 1.53. The maximum atomic E-state index is 10.7. The summed E-state index contributed by atoms with van der Waals surface area (Å²) in [4.78, 5) is 14.0. The first-order valence-corrected chi connectivity index (χ1v) is 5.57. The van der Waals surface area contributed by atoms with Gasteiger partial charge in [0.15, 0.2) is 0 Å². The van der Waals surface area contributed by atoms with Crippen molar-refractivity contribution in [2.24, 2.45) is 0 Å². The third-order valence-electron chi connectivity index (χ3n) is 2.92. The Bertz CT molecular complexity index is 391. The third-order valence-corrected chi connectivity index (χ3v) is 2.92. The smallest absolute Gasteiger partial charge is 0.310 e. The highest BCUT2D eigenvalue weighted by atomic mass is 16.6. The Kier molecular flexibility index (Phi) is 4.39. The summed E-state index contributed by atoms with van der Waals surface area (Å²) in [5.74, 6) is 0. The average molecular weight is 239 g/mol. The number of anilines is 1. The van der Waals surface area contributed by atoms with Crippen LogP contribution in [0.4, 0.5) is 11.4 Å². The van der Waals surface area contributed by atoms with E-state index in [1.165, 1.54) is 18.5 Å². The highest BCUT2D eigenvalue weighted by Crippen LogP contribution is 2.23. The molecule has 0 amide bonds. The molecule has 1 aromatic heterocycles. The van der Waals surface area contributed by atoms with Crippen LogP contribution in [-0.4, -0.2) is 27.2 Å². The van der Waals surface area contributed by atoms with Gasteiger partial charge in [-0.1, -0.05) is 13.8 Å². The van der Waals surface area contributed by atoms with Crippen molar-refractivity contribution in [1.82, 2.24) is 4.98 Å². The Morgan fingerprint density at radius 3 is 2.71 bits per heavy atom. The number of pyridine rings is 1. The van der Waals surface area contributed by atoms with Crippen molar-refractivity contribution in [1.29, 1.82) is 0 Å². The van der Waals surface area contributed by atoms with Crippen LogP contribution in [0.5, 0.6) is 0 Å². The second-order valence-corrected chi connectivity index (χ2v) is 3.93. The molecule has 0 radical (unpaired) electrons. The molecule has 0 unspecified atom stereocenters. The predicted molar refractivity (Wildman–Crippen MR) is 64.9 cm³/mol. The van der Waals surface area contributed by atoms with Crippen LogP contribution < -0.4 is 5.32 Å². The van der Waals surface area contributed by atoms with Crippen LogP contribution in [0.15, 0.2) is 18.5 Å². The molecule has 0 aromatic carbocycles. The van der Waals surface area contributed by atoms with Gasteiger partial charge >= 0.3 is 5.69 Å². The van der Waals surface area contributed by atoms with E-state index >= 15 is 0 Å². The van der Waals surface area contributed by atoms with Gasteiger partial charge in [0, 0.05) is 12.7 Å². The van der Waals surface area contributed by atoms with Gasteiger partial charge in [-0.25, -0.2) is 0 Å². The zero-order chi connectivity index (χ0) is 12.9. The summed E-state index contributed by atoms with van der Waals surface area (Å²) in [7, 11) is 0. The molecule has 1 rings (SSSR count). The van der Waals surface area contributed by atoms with Crippen molar-refractivity contribution in [3.05, 3.63) is 28.6 Å². The number of hydrogen-bond acceptors (Lipinski definition) is 5. The monoisotopic (exact) mass is 239 g/mol. The number of aromatic nitrogens is 1. The molecule has 0 bridgehead atoms. The lowest BCUT2D eigenvalue weighted by Gasteiger charge is -2.25. The maximum absolute atomic E-state index is 10.7. The van der Waals surface area contributed by atoms with E-state index in [1.807, 2.05) is 13.8 Å². The standard InChI is InChI=1S/C11H17N3O3/c1-3-11(15,4-2)8-13-9-5-6-12-7-10(9)14(16)17/h5-7,15H,3-4,8H2,1-2H3,(H,12,13). The largest absolute Gasteiger partial charge is 0.388 e. The van der Waals surface area contributed by atoms with E-state index in [2.05, 4.69) is 10.3 Å². The van der Waals surface area contributed by atoms with Gasteiger partial charge in [0.05, 0.1) is 10.5 Å². The minimum Gasteiger partial charge on any atom is -0.388 e. The van der Waals surface area contributed by atoms with Crippen molar-refractivity contribution in [2.45, 2.75) is 32.3 Å². The van der Waals surface area contributed by atoms with E-state index in [9.17, 15) is 15.2 Å². The molecule has 0 spiro atoms. The normalized spacial score (nSPS) is 11.2. The van der Waals surface area contributed by atoms with Gasteiger partial charge in [-0.05, 0) is 18.9 Å². The number of nitrogens with zero attached hydrogens (tertiary/aromatic N) is 2. The molecule has 0 aliphatic rings. The fourth-order valence-electron chi connectivity index (χ4n) is 1.44. The topological polar surface area (TPSA) is 88.3 Å². The van der Waals surface area contributed by atoms with Crippen molar-refractivity contribution in [3.8, 4) is 0 Å². The summed E-state index contributed by atoms with van der Waals surface area (Å²) in [5, 5.41) is 23.7.